The average Bonchev–Trinajstić information content (AvgIpc) is 3.12. The zero-order valence-electron chi connectivity index (χ0n) is 12.6. The molecular weight excluding hydrogens is 322 g/mol. The second-order valence-electron chi connectivity index (χ2n) is 5.99. The van der Waals surface area contributed by atoms with Crippen LogP contribution in [-0.4, -0.2) is 68.5 Å². The van der Waals surface area contributed by atoms with Gasteiger partial charge in [-0.1, -0.05) is 0 Å². The van der Waals surface area contributed by atoms with E-state index in [0.717, 1.165) is 11.5 Å². The molecule has 3 saturated heterocycles. The lowest BCUT2D eigenvalue weighted by Crippen LogP contribution is -2.55. The molecule has 3 atom stereocenters. The first kappa shape index (κ1) is 16.1. The number of fused-ring (bicyclic) bond motifs is 1. The van der Waals surface area contributed by atoms with Crippen molar-refractivity contribution in [3.8, 4) is 0 Å². The zero-order valence-corrected chi connectivity index (χ0v) is 13.4. The van der Waals surface area contributed by atoms with Crippen molar-refractivity contribution in [2.24, 2.45) is 0 Å². The summed E-state index contributed by atoms with van der Waals surface area (Å²) in [4.78, 5) is 50.1. The number of carboxylic acids is 1. The second kappa shape index (κ2) is 6.38. The normalized spacial score (nSPS) is 28.3. The summed E-state index contributed by atoms with van der Waals surface area (Å²) in [7, 11) is 0. The van der Waals surface area contributed by atoms with Crippen molar-refractivity contribution in [1.82, 2.24) is 15.1 Å². The van der Waals surface area contributed by atoms with Crippen molar-refractivity contribution in [3.05, 3.63) is 0 Å². The minimum absolute atomic E-state index is 0.0299. The van der Waals surface area contributed by atoms with Crippen LogP contribution in [0.1, 0.15) is 32.1 Å². The lowest BCUT2D eigenvalue weighted by molar-refractivity contribution is -0.145. The van der Waals surface area contributed by atoms with E-state index in [2.05, 4.69) is 5.32 Å². The molecule has 1 unspecified atom stereocenters. The van der Waals surface area contributed by atoms with Gasteiger partial charge in [-0.2, -0.15) is 11.8 Å². The number of nitrogens with one attached hydrogen (secondary N) is 1. The van der Waals surface area contributed by atoms with E-state index in [0.29, 0.717) is 12.8 Å². The Hall–Kier alpha value is -1.77. The lowest BCUT2D eigenvalue weighted by Gasteiger charge is -2.36. The molecule has 2 N–H and O–H groups in total. The van der Waals surface area contributed by atoms with Crippen molar-refractivity contribution in [3.63, 3.8) is 0 Å². The molecule has 23 heavy (non-hydrogen) atoms. The Morgan fingerprint density at radius 2 is 1.96 bits per heavy atom. The Bertz CT molecular complexity index is 539. The summed E-state index contributed by atoms with van der Waals surface area (Å²) in [6.07, 6.45) is 0.200. The van der Waals surface area contributed by atoms with E-state index in [1.165, 1.54) is 4.90 Å². The maximum Gasteiger partial charge on any atom is 0.319 e. The fraction of sp³-hybridized carbons (Fsp3) is 0.714. The van der Waals surface area contributed by atoms with Crippen LogP contribution in [-0.2, 0) is 14.4 Å². The van der Waals surface area contributed by atoms with Crippen LogP contribution in [0, 0.1) is 0 Å². The van der Waals surface area contributed by atoms with Crippen LogP contribution in [0.4, 0.5) is 4.79 Å². The molecule has 0 aromatic carbocycles. The van der Waals surface area contributed by atoms with Gasteiger partial charge < -0.3 is 10.4 Å². The van der Waals surface area contributed by atoms with Crippen LogP contribution in [0.5, 0.6) is 0 Å². The topological polar surface area (TPSA) is 107 Å². The van der Waals surface area contributed by atoms with E-state index in [4.69, 9.17) is 5.11 Å². The highest BCUT2D eigenvalue weighted by Crippen LogP contribution is 2.33. The van der Waals surface area contributed by atoms with Crippen molar-refractivity contribution in [1.29, 1.82) is 0 Å². The SMILES string of the molecule is O=C(O)CCCC(N1C(=O)CCC1=O)N1C(=O)N[C@@H]2CSC[C@@H]21. The summed E-state index contributed by atoms with van der Waals surface area (Å²) >= 11 is 1.72. The number of imide groups is 1. The third kappa shape index (κ3) is 3.01. The molecule has 0 spiro atoms. The molecule has 0 saturated carbocycles. The van der Waals surface area contributed by atoms with Crippen LogP contribution in [0.3, 0.4) is 0 Å². The van der Waals surface area contributed by atoms with Crippen LogP contribution in [0.15, 0.2) is 0 Å². The summed E-state index contributed by atoms with van der Waals surface area (Å²) in [5, 5.41) is 11.7. The summed E-state index contributed by atoms with van der Waals surface area (Å²) < 4.78 is 0. The Balaban J connectivity index is 1.82. The molecule has 9 heteroatoms. The molecule has 3 heterocycles. The first-order valence-corrected chi connectivity index (χ1v) is 8.87. The fourth-order valence-electron chi connectivity index (χ4n) is 3.45. The number of thioether (sulfide) groups is 1. The summed E-state index contributed by atoms with van der Waals surface area (Å²) in [5.41, 5.74) is 0. The highest BCUT2D eigenvalue weighted by atomic mass is 32.2. The number of hydrogen-bond acceptors (Lipinski definition) is 5. The molecule has 0 aromatic rings. The summed E-state index contributed by atoms with van der Waals surface area (Å²) in [6.45, 7) is 0. The molecule has 8 nitrogen and oxygen atoms in total. The van der Waals surface area contributed by atoms with Crippen molar-refractivity contribution >= 4 is 35.6 Å². The first-order chi connectivity index (χ1) is 11.0. The molecule has 4 amide bonds. The van der Waals surface area contributed by atoms with Gasteiger partial charge in [0.2, 0.25) is 11.8 Å². The van der Waals surface area contributed by atoms with Gasteiger partial charge in [-0.25, -0.2) is 4.79 Å². The van der Waals surface area contributed by atoms with E-state index in [1.807, 2.05) is 0 Å². The Morgan fingerprint density at radius 3 is 2.61 bits per heavy atom. The van der Waals surface area contributed by atoms with Crippen LogP contribution in [0.2, 0.25) is 0 Å². The predicted molar refractivity (Wildman–Crippen MR) is 81.6 cm³/mol. The van der Waals surface area contributed by atoms with Crippen molar-refractivity contribution in [2.45, 2.75) is 50.4 Å². The summed E-state index contributed by atoms with van der Waals surface area (Å²) in [5.74, 6) is 0.0866. The summed E-state index contributed by atoms with van der Waals surface area (Å²) in [6, 6.07) is -0.293. The number of amides is 4. The number of nitrogens with zero attached hydrogens (tertiary/aromatic N) is 2. The quantitative estimate of drug-likeness (QED) is 0.529. The highest BCUT2D eigenvalue weighted by molar-refractivity contribution is 7.99. The number of aliphatic carboxylic acids is 1. The minimum atomic E-state index is -0.928. The number of carbonyl (C=O) groups excluding carboxylic acids is 3. The number of urea groups is 1. The standard InChI is InChI=1S/C14H19N3O5S/c18-11-4-5-12(19)17(11)10(2-1-3-13(20)21)16-9-7-23-6-8(9)15-14(16)22/h8-10H,1-7H2,(H,15,22)(H,20,21)/t8-,9+,10?/m1/s1. The van der Waals surface area contributed by atoms with Gasteiger partial charge in [0.25, 0.3) is 0 Å². The second-order valence-corrected chi connectivity index (χ2v) is 7.07. The van der Waals surface area contributed by atoms with Crippen molar-refractivity contribution < 1.29 is 24.3 Å². The van der Waals surface area contributed by atoms with Gasteiger partial charge in [0.15, 0.2) is 0 Å². The highest BCUT2D eigenvalue weighted by Gasteiger charge is 2.49. The number of rotatable bonds is 6. The van der Waals surface area contributed by atoms with E-state index < -0.39 is 12.1 Å². The van der Waals surface area contributed by atoms with E-state index in [1.54, 1.807) is 16.7 Å². The fourth-order valence-corrected chi connectivity index (χ4v) is 4.78. The molecule has 0 aromatic heterocycles. The molecule has 3 aliphatic heterocycles. The molecule has 126 valence electrons. The number of hydrogen-bond donors (Lipinski definition) is 2. The number of carboxylic acid groups (broad SMARTS) is 1. The molecule has 0 radical (unpaired) electrons. The van der Waals surface area contributed by atoms with Gasteiger partial charge in [0.1, 0.15) is 6.17 Å². The molecule has 3 rings (SSSR count). The van der Waals surface area contributed by atoms with E-state index in [9.17, 15) is 19.2 Å². The molecule has 0 aliphatic carbocycles. The first-order valence-electron chi connectivity index (χ1n) is 7.72. The van der Waals surface area contributed by atoms with Gasteiger partial charge in [0, 0.05) is 30.8 Å². The largest absolute Gasteiger partial charge is 0.481 e. The maximum atomic E-state index is 12.3. The zero-order chi connectivity index (χ0) is 16.6. The molecular formula is C14H19N3O5S. The van der Waals surface area contributed by atoms with Crippen LogP contribution >= 0.6 is 11.8 Å². The average molecular weight is 341 g/mol. The number of carbonyl (C=O) groups is 4. The maximum absolute atomic E-state index is 12.3. The molecule has 3 aliphatic rings. The predicted octanol–water partition coefficient (Wildman–Crippen LogP) is 0.226. The number of likely N-dealkylation sites (tertiary alicyclic amines) is 1. The van der Waals surface area contributed by atoms with Crippen molar-refractivity contribution in [2.75, 3.05) is 11.5 Å². The van der Waals surface area contributed by atoms with Gasteiger partial charge in [-0.15, -0.1) is 0 Å². The molecule has 3 fully saturated rings. The third-order valence-corrected chi connectivity index (χ3v) is 5.69. The van der Waals surface area contributed by atoms with E-state index >= 15 is 0 Å². The van der Waals surface area contributed by atoms with Gasteiger partial charge in [-0.05, 0) is 12.8 Å². The smallest absolute Gasteiger partial charge is 0.319 e. The van der Waals surface area contributed by atoms with Gasteiger partial charge in [-0.3, -0.25) is 24.2 Å². The molecule has 0 bridgehead atoms. The van der Waals surface area contributed by atoms with Crippen LogP contribution in [0.25, 0.3) is 0 Å². The Labute approximate surface area is 137 Å². The monoisotopic (exact) mass is 341 g/mol. The van der Waals surface area contributed by atoms with E-state index in [-0.39, 0.29) is 49.2 Å². The van der Waals surface area contributed by atoms with Gasteiger partial charge in [0.05, 0.1) is 12.1 Å². The minimum Gasteiger partial charge on any atom is -0.481 e. The van der Waals surface area contributed by atoms with Crippen LogP contribution < -0.4 is 5.32 Å². The van der Waals surface area contributed by atoms with Gasteiger partial charge >= 0.3 is 12.0 Å². The lowest BCUT2D eigenvalue weighted by atomic mass is 10.1. The Morgan fingerprint density at radius 1 is 1.26 bits per heavy atom. The Kier molecular flexibility index (Phi) is 4.47. The third-order valence-electron chi connectivity index (χ3n) is 4.51.